The van der Waals surface area contributed by atoms with Crippen molar-refractivity contribution in [2.45, 2.75) is 96.8 Å². The van der Waals surface area contributed by atoms with E-state index in [4.69, 9.17) is 19.0 Å². The minimum absolute atomic E-state index is 0.00781. The lowest BCUT2D eigenvalue weighted by Crippen LogP contribution is -2.55. The highest BCUT2D eigenvalue weighted by Gasteiger charge is 2.32. The Hall–Kier alpha value is -4.26. The molecule has 0 unspecified atom stereocenters. The van der Waals surface area contributed by atoms with Crippen LogP contribution in [-0.2, 0) is 23.9 Å². The van der Waals surface area contributed by atoms with Crippen LogP contribution in [0.4, 0.5) is 4.79 Å². The number of amides is 2. The molecule has 2 amide bonds. The Kier molecular flexibility index (Phi) is 12.9. The molecular weight excluding hydrogens is 606 g/mol. The maximum atomic E-state index is 13.8. The first-order chi connectivity index (χ1) is 22.5. The van der Waals surface area contributed by atoms with Crippen LogP contribution in [0.1, 0.15) is 89.5 Å². The van der Waals surface area contributed by atoms with Crippen LogP contribution in [0.25, 0.3) is 11.4 Å². The molecule has 1 N–H and O–H groups in total. The summed E-state index contributed by atoms with van der Waals surface area (Å²) in [6.45, 7) is 8.57. The molecule has 256 valence electrons. The summed E-state index contributed by atoms with van der Waals surface area (Å²) >= 11 is 0. The van der Waals surface area contributed by atoms with E-state index in [-0.39, 0.29) is 69.2 Å². The van der Waals surface area contributed by atoms with Crippen LogP contribution in [-0.4, -0.2) is 94.4 Å². The largest absolute Gasteiger partial charge is 0.527 e. The third-order valence-electron chi connectivity index (χ3n) is 7.69. The molecular formula is C34H47N5O8. The number of aromatic nitrogens is 2. The lowest BCUT2D eigenvalue weighted by molar-refractivity contribution is -0.158. The minimum Gasteiger partial charge on any atom is -0.474 e. The summed E-state index contributed by atoms with van der Waals surface area (Å²) < 4.78 is 16.7. The van der Waals surface area contributed by atoms with Crippen molar-refractivity contribution in [1.82, 2.24) is 25.2 Å². The fourth-order valence-corrected chi connectivity index (χ4v) is 5.29. The zero-order valence-corrected chi connectivity index (χ0v) is 27.9. The first-order valence-corrected chi connectivity index (χ1v) is 16.5. The normalized spacial score (nSPS) is 16.3. The maximum absolute atomic E-state index is 13.8. The Balaban J connectivity index is 1.48. The number of esters is 1. The van der Waals surface area contributed by atoms with E-state index in [1.54, 1.807) is 25.7 Å². The van der Waals surface area contributed by atoms with E-state index >= 15 is 0 Å². The van der Waals surface area contributed by atoms with Crippen LogP contribution >= 0.6 is 0 Å². The van der Waals surface area contributed by atoms with Gasteiger partial charge in [0.25, 0.3) is 5.91 Å². The van der Waals surface area contributed by atoms with Crippen LogP contribution in [0.5, 0.6) is 5.88 Å². The van der Waals surface area contributed by atoms with Gasteiger partial charge in [-0.2, -0.15) is 4.98 Å². The summed E-state index contributed by atoms with van der Waals surface area (Å²) in [7, 11) is 0. The standard InChI is InChI=1S/C34H47N5O8/c1-5-6-22-44-33(43)47-39-20-18-38(19-21-39)32(42)26(16-17-29(40)46-34(2,3)4)36-31(41)27-23-28(45-25-14-10-11-15-25)37-30(35-27)24-12-8-7-9-13-24/h7-9,12-13,23,25-26H,5-6,10-11,14-22H2,1-4H3,(H,36,41)/t26-/m0/s1. The third-order valence-corrected chi connectivity index (χ3v) is 7.69. The number of rotatable bonds is 13. The first kappa shape index (κ1) is 35.6. The number of unbranched alkanes of at least 4 members (excludes halogenated alkanes) is 1. The average molecular weight is 654 g/mol. The predicted molar refractivity (Wildman–Crippen MR) is 172 cm³/mol. The summed E-state index contributed by atoms with van der Waals surface area (Å²) in [4.78, 5) is 68.1. The smallest absolute Gasteiger partial charge is 0.474 e. The van der Waals surface area contributed by atoms with Gasteiger partial charge in [0.1, 0.15) is 23.4 Å². The Morgan fingerprint density at radius 2 is 1.70 bits per heavy atom. The molecule has 2 fully saturated rings. The third kappa shape index (κ3) is 11.5. The van der Waals surface area contributed by atoms with Crippen molar-refractivity contribution >= 4 is 23.9 Å². The SMILES string of the molecule is CCCCOC(=O)ON1CCN(C(=O)[C@H](CCC(=O)OC(C)(C)C)NC(=O)c2cc(OC3CCCC3)nc(-c3ccccc3)n2)CC1. The lowest BCUT2D eigenvalue weighted by Gasteiger charge is -2.35. The van der Waals surface area contributed by atoms with Gasteiger partial charge in [0.05, 0.1) is 19.7 Å². The fraction of sp³-hybridized carbons (Fsp3) is 0.588. The van der Waals surface area contributed by atoms with Crippen LogP contribution in [0, 0.1) is 0 Å². The van der Waals surface area contributed by atoms with E-state index in [2.05, 4.69) is 15.3 Å². The Morgan fingerprint density at radius 1 is 1.00 bits per heavy atom. The summed E-state index contributed by atoms with van der Waals surface area (Å²) in [6.07, 6.45) is 4.74. The topological polar surface area (TPSA) is 149 Å². The second-order valence-electron chi connectivity index (χ2n) is 12.8. The van der Waals surface area contributed by atoms with Crippen LogP contribution in [0.2, 0.25) is 0 Å². The van der Waals surface area contributed by atoms with E-state index < -0.39 is 29.7 Å². The van der Waals surface area contributed by atoms with Gasteiger partial charge in [-0.1, -0.05) is 43.7 Å². The van der Waals surface area contributed by atoms with Crippen LogP contribution in [0.15, 0.2) is 36.4 Å². The van der Waals surface area contributed by atoms with Crippen molar-refractivity contribution in [2.24, 2.45) is 0 Å². The van der Waals surface area contributed by atoms with Crippen molar-refractivity contribution in [3.63, 3.8) is 0 Å². The van der Waals surface area contributed by atoms with Gasteiger partial charge < -0.3 is 29.3 Å². The number of hydrogen-bond acceptors (Lipinski definition) is 11. The van der Waals surface area contributed by atoms with Gasteiger partial charge in [-0.05, 0) is 59.3 Å². The number of benzene rings is 1. The zero-order valence-electron chi connectivity index (χ0n) is 27.9. The van der Waals surface area contributed by atoms with Gasteiger partial charge in [0.2, 0.25) is 11.8 Å². The average Bonchev–Trinajstić information content (AvgIpc) is 3.55. The van der Waals surface area contributed by atoms with Gasteiger partial charge in [0.15, 0.2) is 5.82 Å². The number of hydroxylamine groups is 2. The molecule has 0 radical (unpaired) electrons. The highest BCUT2D eigenvalue weighted by Crippen LogP contribution is 2.25. The summed E-state index contributed by atoms with van der Waals surface area (Å²) in [5.41, 5.74) is 0.0604. The summed E-state index contributed by atoms with van der Waals surface area (Å²) in [6, 6.07) is 9.72. The van der Waals surface area contributed by atoms with E-state index in [1.807, 2.05) is 37.3 Å². The monoisotopic (exact) mass is 653 g/mol. The number of carbonyl (C=O) groups is 4. The molecule has 47 heavy (non-hydrogen) atoms. The van der Waals surface area contributed by atoms with E-state index in [1.165, 1.54) is 11.1 Å². The molecule has 2 aromatic rings. The summed E-state index contributed by atoms with van der Waals surface area (Å²) in [5.74, 6) is -0.832. The Morgan fingerprint density at radius 3 is 2.36 bits per heavy atom. The Bertz CT molecular complexity index is 1350. The van der Waals surface area contributed by atoms with Gasteiger partial charge in [0, 0.05) is 31.1 Å². The lowest BCUT2D eigenvalue weighted by atomic mass is 10.1. The molecule has 13 heteroatoms. The predicted octanol–water partition coefficient (Wildman–Crippen LogP) is 4.70. The minimum atomic E-state index is -1.05. The van der Waals surface area contributed by atoms with Crippen LogP contribution < -0.4 is 10.1 Å². The molecule has 1 aliphatic carbocycles. The van der Waals surface area contributed by atoms with E-state index in [0.717, 1.165) is 38.5 Å². The molecule has 0 bridgehead atoms. The van der Waals surface area contributed by atoms with Gasteiger partial charge >= 0.3 is 12.1 Å². The molecule has 1 saturated carbocycles. The molecule has 1 aliphatic heterocycles. The second-order valence-corrected chi connectivity index (χ2v) is 12.8. The van der Waals surface area contributed by atoms with Gasteiger partial charge in [-0.3, -0.25) is 14.4 Å². The number of hydrogen-bond donors (Lipinski definition) is 1. The van der Waals surface area contributed by atoms with Crippen LogP contribution in [0.3, 0.4) is 0 Å². The highest BCUT2D eigenvalue weighted by molar-refractivity contribution is 5.96. The molecule has 0 spiro atoms. The number of nitrogens with zero attached hydrogens (tertiary/aromatic N) is 4. The quantitative estimate of drug-likeness (QED) is 0.237. The van der Waals surface area contributed by atoms with E-state index in [9.17, 15) is 19.2 Å². The number of piperazine rings is 1. The molecule has 13 nitrogen and oxygen atoms in total. The van der Waals surface area contributed by atoms with Crippen molar-refractivity contribution in [1.29, 1.82) is 0 Å². The summed E-state index contributed by atoms with van der Waals surface area (Å²) in [5, 5.41) is 4.27. The first-order valence-electron chi connectivity index (χ1n) is 16.5. The maximum Gasteiger partial charge on any atom is 0.527 e. The molecule has 2 aliphatic rings. The van der Waals surface area contributed by atoms with E-state index in [0.29, 0.717) is 11.4 Å². The molecule has 1 aromatic heterocycles. The second kappa shape index (κ2) is 17.1. The Labute approximate surface area is 276 Å². The molecule has 1 saturated heterocycles. The molecule has 1 aromatic carbocycles. The fourth-order valence-electron chi connectivity index (χ4n) is 5.29. The van der Waals surface area contributed by atoms with Gasteiger partial charge in [-0.15, -0.1) is 5.06 Å². The number of nitrogens with one attached hydrogen (secondary N) is 1. The molecule has 4 rings (SSSR count). The van der Waals surface area contributed by atoms with Crippen molar-refractivity contribution < 1.29 is 38.2 Å². The van der Waals surface area contributed by atoms with Crippen molar-refractivity contribution in [3.05, 3.63) is 42.1 Å². The van der Waals surface area contributed by atoms with Crippen molar-refractivity contribution in [2.75, 3.05) is 32.8 Å². The van der Waals surface area contributed by atoms with Crippen molar-refractivity contribution in [3.8, 4) is 17.3 Å². The van der Waals surface area contributed by atoms with Gasteiger partial charge in [-0.25, -0.2) is 9.78 Å². The number of carbonyl (C=O) groups excluding carboxylic acids is 4. The number of ether oxygens (including phenoxy) is 3. The molecule has 2 heterocycles. The molecule has 1 atom stereocenters. The zero-order chi connectivity index (χ0) is 33.8. The highest BCUT2D eigenvalue weighted by atomic mass is 16.8.